The first-order valence-corrected chi connectivity index (χ1v) is 10.6. The molecule has 1 aliphatic heterocycles. The molecule has 11 nitrogen and oxygen atoms in total. The van der Waals surface area contributed by atoms with Crippen LogP contribution in [0.5, 0.6) is 5.75 Å². The Balaban J connectivity index is 1.54. The Labute approximate surface area is 186 Å². The maximum Gasteiger partial charge on any atom is 0.236 e. The highest BCUT2D eigenvalue weighted by Crippen LogP contribution is 2.30. The number of nitrogens with zero attached hydrogens (tertiary/aromatic N) is 7. The number of rotatable bonds is 6. The SMILES string of the molecule is COc1ccc(C2CCN(C(=O)CN(C)C)CC2)nc1Cn1ncc2nc(N)nc(N)c21. The summed E-state index contributed by atoms with van der Waals surface area (Å²) in [4.78, 5) is 29.3. The van der Waals surface area contributed by atoms with Crippen molar-refractivity contribution in [3.8, 4) is 5.75 Å². The summed E-state index contributed by atoms with van der Waals surface area (Å²) < 4.78 is 7.25. The number of amides is 1. The number of likely N-dealkylation sites (tertiary alicyclic amines) is 1. The maximum atomic E-state index is 12.3. The largest absolute Gasteiger partial charge is 0.495 e. The number of piperidine rings is 1. The molecule has 1 saturated heterocycles. The number of likely N-dealkylation sites (N-methyl/N-ethyl adjacent to an activating group) is 1. The van der Waals surface area contributed by atoms with E-state index in [4.69, 9.17) is 21.2 Å². The molecule has 4 rings (SSSR count). The van der Waals surface area contributed by atoms with Crippen LogP contribution in [-0.2, 0) is 11.3 Å². The zero-order valence-corrected chi connectivity index (χ0v) is 18.7. The van der Waals surface area contributed by atoms with Crippen LogP contribution in [0.4, 0.5) is 11.8 Å². The smallest absolute Gasteiger partial charge is 0.236 e. The van der Waals surface area contributed by atoms with Crippen LogP contribution in [0, 0.1) is 0 Å². The molecule has 4 heterocycles. The fourth-order valence-electron chi connectivity index (χ4n) is 4.13. The molecule has 0 radical (unpaired) electrons. The summed E-state index contributed by atoms with van der Waals surface area (Å²) in [5.74, 6) is 1.51. The molecule has 3 aromatic heterocycles. The van der Waals surface area contributed by atoms with E-state index in [-0.39, 0.29) is 23.6 Å². The third-order valence-electron chi connectivity index (χ3n) is 5.72. The van der Waals surface area contributed by atoms with Crippen molar-refractivity contribution in [1.29, 1.82) is 0 Å². The van der Waals surface area contributed by atoms with Crippen LogP contribution < -0.4 is 16.2 Å². The summed E-state index contributed by atoms with van der Waals surface area (Å²) in [7, 11) is 5.43. The molecule has 0 bridgehead atoms. The Morgan fingerprint density at radius 3 is 2.62 bits per heavy atom. The van der Waals surface area contributed by atoms with E-state index in [1.807, 2.05) is 36.0 Å². The molecule has 3 aromatic rings. The Bertz CT molecular complexity index is 1120. The van der Waals surface area contributed by atoms with E-state index in [1.165, 1.54) is 0 Å². The van der Waals surface area contributed by atoms with Crippen LogP contribution in [0.2, 0.25) is 0 Å². The predicted octanol–water partition coefficient (Wildman–Crippen LogP) is 0.710. The van der Waals surface area contributed by atoms with E-state index in [0.29, 0.717) is 29.9 Å². The predicted molar refractivity (Wildman–Crippen MR) is 121 cm³/mol. The number of hydrogen-bond donors (Lipinski definition) is 2. The Morgan fingerprint density at radius 2 is 1.94 bits per heavy atom. The summed E-state index contributed by atoms with van der Waals surface area (Å²) in [5.41, 5.74) is 14.7. The van der Waals surface area contributed by atoms with Gasteiger partial charge in [0.05, 0.1) is 26.4 Å². The number of carbonyl (C=O) groups is 1. The molecule has 0 aliphatic carbocycles. The van der Waals surface area contributed by atoms with Gasteiger partial charge in [0, 0.05) is 24.7 Å². The van der Waals surface area contributed by atoms with Crippen molar-refractivity contribution in [3.63, 3.8) is 0 Å². The van der Waals surface area contributed by atoms with Crippen LogP contribution in [0.15, 0.2) is 18.3 Å². The van der Waals surface area contributed by atoms with Crippen molar-refractivity contribution in [2.75, 3.05) is 52.3 Å². The number of aromatic nitrogens is 5. The molecule has 0 spiro atoms. The van der Waals surface area contributed by atoms with Gasteiger partial charge in [-0.3, -0.25) is 14.5 Å². The number of ether oxygens (including phenoxy) is 1. The summed E-state index contributed by atoms with van der Waals surface area (Å²) in [6, 6.07) is 3.94. The quantitative estimate of drug-likeness (QED) is 0.568. The number of nitrogens with two attached hydrogens (primary N) is 2. The van der Waals surface area contributed by atoms with Gasteiger partial charge >= 0.3 is 0 Å². The lowest BCUT2D eigenvalue weighted by atomic mass is 9.92. The van der Waals surface area contributed by atoms with E-state index in [1.54, 1.807) is 18.0 Å². The number of pyridine rings is 1. The number of fused-ring (bicyclic) bond motifs is 1. The molecule has 11 heteroatoms. The third-order valence-corrected chi connectivity index (χ3v) is 5.72. The van der Waals surface area contributed by atoms with Crippen molar-refractivity contribution in [1.82, 2.24) is 34.5 Å². The fraction of sp³-hybridized carbons (Fsp3) is 0.476. The van der Waals surface area contributed by atoms with E-state index >= 15 is 0 Å². The lowest BCUT2D eigenvalue weighted by molar-refractivity contribution is -0.132. The standard InChI is InChI=1S/C21H29N9O2/c1-28(2)12-18(31)29-8-6-13(7-9-29)14-4-5-17(32-3)16(25-14)11-30-19-15(10-24-30)26-21(23)27-20(19)22/h4-5,10,13H,6-9,11-12H2,1-3H3,(H4,22,23,26,27). The maximum absolute atomic E-state index is 12.3. The van der Waals surface area contributed by atoms with E-state index in [0.717, 1.165) is 37.3 Å². The van der Waals surface area contributed by atoms with E-state index in [9.17, 15) is 4.79 Å². The molecular weight excluding hydrogens is 410 g/mol. The van der Waals surface area contributed by atoms with Crippen molar-refractivity contribution in [2.24, 2.45) is 0 Å². The number of methoxy groups -OCH3 is 1. The molecule has 1 aliphatic rings. The minimum Gasteiger partial charge on any atom is -0.495 e. The zero-order chi connectivity index (χ0) is 22.8. The summed E-state index contributed by atoms with van der Waals surface area (Å²) >= 11 is 0. The van der Waals surface area contributed by atoms with Gasteiger partial charge < -0.3 is 26.0 Å². The summed E-state index contributed by atoms with van der Waals surface area (Å²) in [6.45, 7) is 2.27. The van der Waals surface area contributed by atoms with Crippen LogP contribution in [0.3, 0.4) is 0 Å². The lowest BCUT2D eigenvalue weighted by Crippen LogP contribution is -2.42. The highest BCUT2D eigenvalue weighted by atomic mass is 16.5. The van der Waals surface area contributed by atoms with Crippen molar-refractivity contribution < 1.29 is 9.53 Å². The number of anilines is 2. The van der Waals surface area contributed by atoms with Gasteiger partial charge in [0.2, 0.25) is 11.9 Å². The first-order chi connectivity index (χ1) is 15.4. The zero-order valence-electron chi connectivity index (χ0n) is 18.7. The minimum atomic E-state index is 0.114. The summed E-state index contributed by atoms with van der Waals surface area (Å²) in [6.07, 6.45) is 3.37. The number of nitrogen functional groups attached to an aromatic ring is 2. The van der Waals surface area contributed by atoms with Crippen LogP contribution in [0.25, 0.3) is 11.0 Å². The molecule has 32 heavy (non-hydrogen) atoms. The molecule has 170 valence electrons. The second-order valence-corrected chi connectivity index (χ2v) is 8.28. The van der Waals surface area contributed by atoms with Crippen molar-refractivity contribution >= 4 is 28.7 Å². The molecule has 0 aromatic carbocycles. The average Bonchev–Trinajstić information content (AvgIpc) is 3.16. The number of hydrogen-bond acceptors (Lipinski definition) is 9. The van der Waals surface area contributed by atoms with Gasteiger partial charge in [-0.15, -0.1) is 0 Å². The van der Waals surface area contributed by atoms with Gasteiger partial charge in [-0.1, -0.05) is 0 Å². The average molecular weight is 440 g/mol. The fourth-order valence-corrected chi connectivity index (χ4v) is 4.13. The van der Waals surface area contributed by atoms with Crippen LogP contribution in [0.1, 0.15) is 30.1 Å². The molecule has 0 saturated carbocycles. The van der Waals surface area contributed by atoms with Gasteiger partial charge in [-0.25, -0.2) is 4.98 Å². The van der Waals surface area contributed by atoms with Crippen molar-refractivity contribution in [2.45, 2.75) is 25.3 Å². The normalized spacial score (nSPS) is 14.9. The second-order valence-electron chi connectivity index (χ2n) is 8.28. The number of carbonyl (C=O) groups excluding carboxylic acids is 1. The van der Waals surface area contributed by atoms with E-state index < -0.39 is 0 Å². The molecule has 0 unspecified atom stereocenters. The first-order valence-electron chi connectivity index (χ1n) is 10.6. The first kappa shape index (κ1) is 21.8. The topological polar surface area (TPSA) is 141 Å². The highest BCUT2D eigenvalue weighted by molar-refractivity contribution is 5.85. The van der Waals surface area contributed by atoms with Crippen molar-refractivity contribution in [3.05, 3.63) is 29.7 Å². The highest BCUT2D eigenvalue weighted by Gasteiger charge is 2.25. The van der Waals surface area contributed by atoms with Gasteiger partial charge in [-0.2, -0.15) is 10.1 Å². The van der Waals surface area contributed by atoms with Gasteiger partial charge in [0.25, 0.3) is 0 Å². The Morgan fingerprint density at radius 1 is 1.19 bits per heavy atom. The molecule has 0 atom stereocenters. The second kappa shape index (κ2) is 8.95. The minimum absolute atomic E-state index is 0.114. The Kier molecular flexibility index (Phi) is 6.08. The van der Waals surface area contributed by atoms with E-state index in [2.05, 4.69) is 15.1 Å². The molecule has 4 N–H and O–H groups in total. The van der Waals surface area contributed by atoms with Crippen LogP contribution in [-0.4, -0.2) is 81.3 Å². The van der Waals surface area contributed by atoms with Gasteiger partial charge in [0.1, 0.15) is 22.5 Å². The third kappa shape index (κ3) is 4.42. The van der Waals surface area contributed by atoms with Gasteiger partial charge in [0.15, 0.2) is 5.82 Å². The molecule has 1 amide bonds. The van der Waals surface area contributed by atoms with Crippen LogP contribution >= 0.6 is 0 Å². The molecular formula is C21H29N9O2. The Hall–Kier alpha value is -3.47. The molecule has 1 fully saturated rings. The lowest BCUT2D eigenvalue weighted by Gasteiger charge is -2.32. The monoisotopic (exact) mass is 439 g/mol. The van der Waals surface area contributed by atoms with Gasteiger partial charge in [-0.05, 0) is 39.1 Å². The summed E-state index contributed by atoms with van der Waals surface area (Å²) in [5, 5.41) is 4.40.